The maximum atomic E-state index is 13.7. The number of anilines is 1. The molecule has 1 aliphatic heterocycles. The van der Waals surface area contributed by atoms with Gasteiger partial charge in [0.2, 0.25) is 17.7 Å². The molecule has 2 saturated carbocycles. The summed E-state index contributed by atoms with van der Waals surface area (Å²) in [7, 11) is 1.35. The van der Waals surface area contributed by atoms with Crippen LogP contribution in [0.2, 0.25) is 0 Å². The lowest BCUT2D eigenvalue weighted by Crippen LogP contribution is -2.49. The van der Waals surface area contributed by atoms with Crippen LogP contribution < -0.4 is 10.1 Å². The van der Waals surface area contributed by atoms with E-state index in [0.29, 0.717) is 11.8 Å². The molecule has 1 saturated heterocycles. The summed E-state index contributed by atoms with van der Waals surface area (Å²) in [6.07, 6.45) is 5.42. The molecule has 1 heterocycles. The van der Waals surface area contributed by atoms with Crippen molar-refractivity contribution in [1.82, 2.24) is 4.90 Å². The molecule has 0 radical (unpaired) electrons. The number of nitro benzene ring substituents is 1. The standard InChI is InChI=1S/C27H25N3O6/c1-36-22-12-15(30(34)35)7-10-20(22)28-25(31)21(11-14-5-3-2-4-6-14)29-26(32)23-16-8-9-17(19-13-18(16)19)24(23)27(29)33/h2-10,12,16-19,21,23-24H,11,13H2,1H3,(H,28,31)/t16-,17-,18-,19+,21-,23+,24+/m0/s1. The first kappa shape index (κ1) is 22.5. The molecule has 5 aliphatic rings. The summed E-state index contributed by atoms with van der Waals surface area (Å²) in [6.45, 7) is 0. The Labute approximate surface area is 207 Å². The van der Waals surface area contributed by atoms with Gasteiger partial charge in [0.1, 0.15) is 11.8 Å². The topological polar surface area (TPSA) is 119 Å². The van der Waals surface area contributed by atoms with Gasteiger partial charge in [-0.05, 0) is 41.7 Å². The molecule has 4 aliphatic carbocycles. The van der Waals surface area contributed by atoms with Gasteiger partial charge in [0, 0.05) is 12.5 Å². The minimum atomic E-state index is -1.06. The van der Waals surface area contributed by atoms with Gasteiger partial charge in [-0.25, -0.2) is 0 Å². The highest BCUT2D eigenvalue weighted by molar-refractivity contribution is 6.11. The van der Waals surface area contributed by atoms with E-state index in [2.05, 4.69) is 17.5 Å². The molecule has 2 bridgehead atoms. The SMILES string of the molecule is COc1cc([N+](=O)[O-])ccc1NC(=O)[C@H](Cc1ccccc1)N1C(=O)[C@@H]2[C@H]3C=C[C@@H]([C@@H]4C[C@H]34)[C@H]2C1=O. The van der Waals surface area contributed by atoms with Gasteiger partial charge >= 0.3 is 0 Å². The van der Waals surface area contributed by atoms with Gasteiger partial charge in [-0.1, -0.05) is 42.5 Å². The monoisotopic (exact) mass is 487 g/mol. The predicted octanol–water partition coefficient (Wildman–Crippen LogP) is 3.21. The molecule has 0 unspecified atom stereocenters. The number of likely N-dealkylation sites (tertiary alicyclic amines) is 1. The van der Waals surface area contributed by atoms with Crippen molar-refractivity contribution in [3.05, 3.63) is 76.4 Å². The highest BCUT2D eigenvalue weighted by Crippen LogP contribution is 2.65. The number of rotatable bonds is 7. The second kappa shape index (κ2) is 8.29. The fourth-order valence-corrected chi connectivity index (χ4v) is 6.54. The first-order valence-electron chi connectivity index (χ1n) is 12.1. The minimum absolute atomic E-state index is 0.0571. The van der Waals surface area contributed by atoms with Crippen LogP contribution in [0.3, 0.4) is 0 Å². The zero-order valence-electron chi connectivity index (χ0n) is 19.6. The van der Waals surface area contributed by atoms with Crippen LogP contribution in [0.5, 0.6) is 5.75 Å². The lowest BCUT2D eigenvalue weighted by molar-refractivity contribution is -0.384. The summed E-state index contributed by atoms with van der Waals surface area (Å²) in [6, 6.07) is 12.1. The molecule has 3 fully saturated rings. The van der Waals surface area contributed by atoms with Gasteiger partial charge in [-0.3, -0.25) is 29.4 Å². The number of hydrogen-bond donors (Lipinski definition) is 1. The number of carbonyl (C=O) groups is 3. The van der Waals surface area contributed by atoms with Crippen LogP contribution in [-0.4, -0.2) is 40.7 Å². The maximum Gasteiger partial charge on any atom is 0.273 e. The van der Waals surface area contributed by atoms with E-state index in [0.717, 1.165) is 12.0 Å². The van der Waals surface area contributed by atoms with E-state index >= 15 is 0 Å². The molecule has 2 aromatic rings. The summed E-state index contributed by atoms with van der Waals surface area (Å²) < 4.78 is 5.26. The molecule has 0 spiro atoms. The van der Waals surface area contributed by atoms with E-state index in [1.165, 1.54) is 30.2 Å². The largest absolute Gasteiger partial charge is 0.494 e. The van der Waals surface area contributed by atoms with E-state index in [1.807, 2.05) is 30.3 Å². The fraction of sp³-hybridized carbons (Fsp3) is 0.370. The molecular weight excluding hydrogens is 462 g/mol. The van der Waals surface area contributed by atoms with Gasteiger partial charge in [-0.2, -0.15) is 0 Å². The van der Waals surface area contributed by atoms with Crippen molar-refractivity contribution in [2.75, 3.05) is 12.4 Å². The van der Waals surface area contributed by atoms with Gasteiger partial charge < -0.3 is 10.1 Å². The normalized spacial score (nSPS) is 30.0. The first-order valence-corrected chi connectivity index (χ1v) is 12.1. The fourth-order valence-electron chi connectivity index (χ4n) is 6.54. The summed E-state index contributed by atoms with van der Waals surface area (Å²) in [4.78, 5) is 52.9. The number of hydrogen-bond acceptors (Lipinski definition) is 6. The number of benzene rings is 2. The Morgan fingerprint density at radius 2 is 1.72 bits per heavy atom. The van der Waals surface area contributed by atoms with Crippen molar-refractivity contribution >= 4 is 29.1 Å². The smallest absolute Gasteiger partial charge is 0.273 e. The number of nitrogens with one attached hydrogen (secondary N) is 1. The number of allylic oxidation sites excluding steroid dienone is 2. The van der Waals surface area contributed by atoms with Gasteiger partial charge in [-0.15, -0.1) is 0 Å². The first-order chi connectivity index (χ1) is 17.4. The number of imide groups is 1. The Balaban J connectivity index is 1.33. The highest BCUT2D eigenvalue weighted by atomic mass is 16.6. The van der Waals surface area contributed by atoms with E-state index < -0.39 is 28.7 Å². The van der Waals surface area contributed by atoms with E-state index in [-0.39, 0.29) is 47.2 Å². The molecule has 2 aromatic carbocycles. The average molecular weight is 488 g/mol. The van der Waals surface area contributed by atoms with Crippen molar-refractivity contribution in [2.45, 2.75) is 18.9 Å². The number of nitro groups is 1. The second-order valence-electron chi connectivity index (χ2n) is 10.0. The van der Waals surface area contributed by atoms with Crippen molar-refractivity contribution in [2.24, 2.45) is 35.5 Å². The zero-order chi connectivity index (χ0) is 25.1. The third-order valence-electron chi connectivity index (χ3n) is 8.24. The number of ether oxygens (including phenoxy) is 1. The Morgan fingerprint density at radius 3 is 2.31 bits per heavy atom. The van der Waals surface area contributed by atoms with Crippen LogP contribution in [0.1, 0.15) is 12.0 Å². The molecule has 3 amide bonds. The summed E-state index contributed by atoms with van der Waals surface area (Å²) >= 11 is 0. The molecule has 184 valence electrons. The zero-order valence-corrected chi connectivity index (χ0v) is 19.6. The number of methoxy groups -OCH3 is 1. The highest BCUT2D eigenvalue weighted by Gasteiger charge is 2.67. The van der Waals surface area contributed by atoms with Crippen molar-refractivity contribution in [3.8, 4) is 5.75 Å². The van der Waals surface area contributed by atoms with Crippen LogP contribution in [0.15, 0.2) is 60.7 Å². The van der Waals surface area contributed by atoms with E-state index in [9.17, 15) is 24.5 Å². The predicted molar refractivity (Wildman–Crippen MR) is 129 cm³/mol. The van der Waals surface area contributed by atoms with E-state index in [4.69, 9.17) is 4.74 Å². The van der Waals surface area contributed by atoms with Crippen LogP contribution >= 0.6 is 0 Å². The molecule has 7 atom stereocenters. The maximum absolute atomic E-state index is 13.7. The second-order valence-corrected chi connectivity index (χ2v) is 10.0. The lowest BCUT2D eigenvalue weighted by atomic mass is 9.63. The number of amides is 3. The summed E-state index contributed by atoms with van der Waals surface area (Å²) in [5.74, 6) is -0.756. The third kappa shape index (κ3) is 3.41. The van der Waals surface area contributed by atoms with E-state index in [1.54, 1.807) is 0 Å². The minimum Gasteiger partial charge on any atom is -0.494 e. The van der Waals surface area contributed by atoms with Gasteiger partial charge in [0.05, 0.1) is 35.6 Å². The molecule has 9 nitrogen and oxygen atoms in total. The molecule has 0 aromatic heterocycles. The third-order valence-corrected chi connectivity index (χ3v) is 8.24. The molecule has 7 rings (SSSR count). The van der Waals surface area contributed by atoms with Crippen LogP contribution in [0, 0.1) is 45.6 Å². The number of carbonyl (C=O) groups excluding carboxylic acids is 3. The van der Waals surface area contributed by atoms with Gasteiger partial charge in [0.25, 0.3) is 5.69 Å². The van der Waals surface area contributed by atoms with Gasteiger partial charge in [0.15, 0.2) is 0 Å². The van der Waals surface area contributed by atoms with Crippen molar-refractivity contribution in [3.63, 3.8) is 0 Å². The molecular formula is C27H25N3O6. The van der Waals surface area contributed by atoms with Crippen molar-refractivity contribution in [1.29, 1.82) is 0 Å². The average Bonchev–Trinajstić information content (AvgIpc) is 3.67. The Bertz CT molecular complexity index is 1270. The molecule has 36 heavy (non-hydrogen) atoms. The Hall–Kier alpha value is -4.01. The van der Waals surface area contributed by atoms with Crippen molar-refractivity contribution < 1.29 is 24.0 Å². The molecule has 9 heteroatoms. The van der Waals surface area contributed by atoms with Crippen LogP contribution in [0.4, 0.5) is 11.4 Å². The van der Waals surface area contributed by atoms with Crippen LogP contribution in [-0.2, 0) is 20.8 Å². The summed E-state index contributed by atoms with van der Waals surface area (Å²) in [5, 5.41) is 13.9. The molecule has 1 N–H and O–H groups in total. The number of non-ortho nitro benzene ring substituents is 1. The lowest BCUT2D eigenvalue weighted by Gasteiger charge is -2.37. The quantitative estimate of drug-likeness (QED) is 0.277. The Kier molecular flexibility index (Phi) is 5.17. The van der Waals surface area contributed by atoms with Crippen LogP contribution in [0.25, 0.3) is 0 Å². The summed E-state index contributed by atoms with van der Waals surface area (Å²) in [5.41, 5.74) is 0.861. The number of nitrogens with zero attached hydrogens (tertiary/aromatic N) is 2. The Morgan fingerprint density at radius 1 is 1.08 bits per heavy atom.